The number of anilines is 1. The lowest BCUT2D eigenvalue weighted by atomic mass is 10.1. The highest BCUT2D eigenvalue weighted by atomic mass is 16.4. The molecule has 1 aromatic rings. The zero-order valence-corrected chi connectivity index (χ0v) is 12.8. The molecule has 1 atom stereocenters. The second-order valence-corrected chi connectivity index (χ2v) is 6.42. The summed E-state index contributed by atoms with van der Waals surface area (Å²) in [5.74, 6) is 0.358. The lowest BCUT2D eigenvalue weighted by Gasteiger charge is -2.24. The zero-order valence-electron chi connectivity index (χ0n) is 12.8. The van der Waals surface area contributed by atoms with E-state index < -0.39 is 5.97 Å². The summed E-state index contributed by atoms with van der Waals surface area (Å²) in [6, 6.07) is 1.84. The Labute approximate surface area is 125 Å². The van der Waals surface area contributed by atoms with E-state index in [0.717, 1.165) is 50.2 Å². The van der Waals surface area contributed by atoms with E-state index in [2.05, 4.69) is 16.9 Å². The lowest BCUT2D eigenvalue weighted by molar-refractivity contribution is 0.0697. The molecule has 1 unspecified atom stereocenters. The molecular formula is C16H23N3O2. The van der Waals surface area contributed by atoms with Gasteiger partial charge in [0.1, 0.15) is 11.4 Å². The molecule has 21 heavy (non-hydrogen) atoms. The number of aromatic nitrogens is 1. The van der Waals surface area contributed by atoms with Gasteiger partial charge in [-0.2, -0.15) is 0 Å². The van der Waals surface area contributed by atoms with Crippen LogP contribution in [-0.4, -0.2) is 54.7 Å². The Morgan fingerprint density at radius 1 is 1.52 bits per heavy atom. The highest BCUT2D eigenvalue weighted by Gasteiger charge is 2.25. The standard InChI is InChI=1S/C16H23N3O2/c1-18-7-6-11(9-18)10-19(2)15-13(16(20)21)8-12-4-3-5-14(12)17-15/h8,11H,3-7,9-10H2,1-2H3,(H,20,21). The molecule has 2 heterocycles. The number of carbonyl (C=O) groups is 1. The molecule has 0 amide bonds. The number of nitrogens with zero attached hydrogens (tertiary/aromatic N) is 3. The van der Waals surface area contributed by atoms with Crippen LogP contribution in [0.2, 0.25) is 0 Å². The number of carboxylic acid groups (broad SMARTS) is 1. The van der Waals surface area contributed by atoms with E-state index in [4.69, 9.17) is 0 Å². The summed E-state index contributed by atoms with van der Waals surface area (Å²) < 4.78 is 0. The Kier molecular flexibility index (Phi) is 3.85. The number of rotatable bonds is 4. The van der Waals surface area contributed by atoms with Crippen molar-refractivity contribution in [2.24, 2.45) is 5.92 Å². The van der Waals surface area contributed by atoms with Crippen molar-refractivity contribution in [1.29, 1.82) is 0 Å². The fourth-order valence-electron chi connectivity index (χ4n) is 3.56. The van der Waals surface area contributed by atoms with E-state index in [9.17, 15) is 9.90 Å². The topological polar surface area (TPSA) is 56.7 Å². The van der Waals surface area contributed by atoms with Gasteiger partial charge in [-0.25, -0.2) is 9.78 Å². The number of hydrogen-bond acceptors (Lipinski definition) is 4. The Morgan fingerprint density at radius 2 is 2.33 bits per heavy atom. The number of fused-ring (bicyclic) bond motifs is 1. The minimum absolute atomic E-state index is 0.351. The van der Waals surface area contributed by atoms with E-state index in [0.29, 0.717) is 17.3 Å². The molecule has 1 saturated heterocycles. The fourth-order valence-corrected chi connectivity index (χ4v) is 3.56. The van der Waals surface area contributed by atoms with E-state index >= 15 is 0 Å². The first-order valence-corrected chi connectivity index (χ1v) is 7.70. The van der Waals surface area contributed by atoms with Gasteiger partial charge in [-0.15, -0.1) is 0 Å². The summed E-state index contributed by atoms with van der Waals surface area (Å²) >= 11 is 0. The molecular weight excluding hydrogens is 266 g/mol. The molecule has 0 aromatic carbocycles. The van der Waals surface area contributed by atoms with Crippen molar-refractivity contribution < 1.29 is 9.90 Å². The fraction of sp³-hybridized carbons (Fsp3) is 0.625. The van der Waals surface area contributed by atoms with Crippen LogP contribution < -0.4 is 4.90 Å². The van der Waals surface area contributed by atoms with Crippen molar-refractivity contribution in [3.63, 3.8) is 0 Å². The Balaban J connectivity index is 1.84. The SMILES string of the molecule is CN1CCC(CN(C)c2nc3c(cc2C(=O)O)CCC3)C1. The largest absolute Gasteiger partial charge is 0.478 e. The second-order valence-electron chi connectivity index (χ2n) is 6.42. The number of hydrogen-bond donors (Lipinski definition) is 1. The average molecular weight is 289 g/mol. The molecule has 1 fully saturated rings. The molecule has 0 bridgehead atoms. The first kappa shape index (κ1) is 14.3. The van der Waals surface area contributed by atoms with Gasteiger partial charge in [-0.3, -0.25) is 0 Å². The van der Waals surface area contributed by atoms with Crippen molar-refractivity contribution in [2.45, 2.75) is 25.7 Å². The number of aromatic carboxylic acids is 1. The van der Waals surface area contributed by atoms with Gasteiger partial charge in [0.05, 0.1) is 0 Å². The van der Waals surface area contributed by atoms with Crippen LogP contribution in [0, 0.1) is 5.92 Å². The Bertz CT molecular complexity index is 559. The molecule has 114 valence electrons. The molecule has 5 nitrogen and oxygen atoms in total. The van der Waals surface area contributed by atoms with E-state index in [1.807, 2.05) is 18.0 Å². The van der Waals surface area contributed by atoms with Crippen LogP contribution >= 0.6 is 0 Å². The molecule has 0 spiro atoms. The number of carboxylic acids is 1. The average Bonchev–Trinajstić information content (AvgIpc) is 3.05. The first-order valence-electron chi connectivity index (χ1n) is 7.70. The summed E-state index contributed by atoms with van der Waals surface area (Å²) in [6.07, 6.45) is 4.19. The molecule has 0 saturated carbocycles. The van der Waals surface area contributed by atoms with Crippen molar-refractivity contribution >= 4 is 11.8 Å². The molecule has 2 aliphatic rings. The van der Waals surface area contributed by atoms with Crippen LogP contribution in [0.4, 0.5) is 5.82 Å². The van der Waals surface area contributed by atoms with Crippen molar-refractivity contribution in [2.75, 3.05) is 38.6 Å². The predicted octanol–water partition coefficient (Wildman–Crippen LogP) is 1.66. The Morgan fingerprint density at radius 3 is 3.00 bits per heavy atom. The summed E-state index contributed by atoms with van der Waals surface area (Å²) in [7, 11) is 4.10. The second kappa shape index (κ2) is 5.64. The molecule has 1 N–H and O–H groups in total. The van der Waals surface area contributed by atoms with Crippen LogP contribution in [0.1, 0.15) is 34.5 Å². The molecule has 0 radical (unpaired) electrons. The van der Waals surface area contributed by atoms with Gasteiger partial charge in [0.25, 0.3) is 0 Å². The monoisotopic (exact) mass is 289 g/mol. The van der Waals surface area contributed by atoms with E-state index in [-0.39, 0.29) is 0 Å². The first-order chi connectivity index (χ1) is 10.0. The summed E-state index contributed by atoms with van der Waals surface area (Å²) in [4.78, 5) is 20.6. The summed E-state index contributed by atoms with van der Waals surface area (Å²) in [6.45, 7) is 3.08. The van der Waals surface area contributed by atoms with Crippen LogP contribution in [0.3, 0.4) is 0 Å². The van der Waals surface area contributed by atoms with Crippen LogP contribution in [-0.2, 0) is 12.8 Å². The third-order valence-electron chi connectivity index (χ3n) is 4.64. The van der Waals surface area contributed by atoms with Crippen molar-refractivity contribution in [3.8, 4) is 0 Å². The number of aryl methyl sites for hydroxylation is 2. The molecule has 1 aliphatic heterocycles. The summed E-state index contributed by atoms with van der Waals surface area (Å²) in [5, 5.41) is 9.47. The van der Waals surface area contributed by atoms with Crippen LogP contribution in [0.5, 0.6) is 0 Å². The maximum atomic E-state index is 11.5. The van der Waals surface area contributed by atoms with Crippen molar-refractivity contribution in [1.82, 2.24) is 9.88 Å². The van der Waals surface area contributed by atoms with Crippen LogP contribution in [0.15, 0.2) is 6.07 Å². The summed E-state index contributed by atoms with van der Waals surface area (Å²) in [5.41, 5.74) is 2.56. The van der Waals surface area contributed by atoms with Gasteiger partial charge in [-0.1, -0.05) is 0 Å². The predicted molar refractivity (Wildman–Crippen MR) is 82.1 cm³/mol. The van der Waals surface area contributed by atoms with Gasteiger partial charge in [0, 0.05) is 25.8 Å². The maximum Gasteiger partial charge on any atom is 0.339 e. The van der Waals surface area contributed by atoms with Gasteiger partial charge < -0.3 is 14.9 Å². The minimum atomic E-state index is -0.873. The van der Waals surface area contributed by atoms with Gasteiger partial charge in [0.15, 0.2) is 0 Å². The third-order valence-corrected chi connectivity index (χ3v) is 4.64. The van der Waals surface area contributed by atoms with Crippen LogP contribution in [0.25, 0.3) is 0 Å². The highest BCUT2D eigenvalue weighted by Crippen LogP contribution is 2.28. The molecule has 1 aliphatic carbocycles. The van der Waals surface area contributed by atoms with Gasteiger partial charge >= 0.3 is 5.97 Å². The minimum Gasteiger partial charge on any atom is -0.478 e. The highest BCUT2D eigenvalue weighted by molar-refractivity contribution is 5.93. The van der Waals surface area contributed by atoms with Gasteiger partial charge in [0.2, 0.25) is 0 Å². The number of pyridine rings is 1. The molecule has 5 heteroatoms. The van der Waals surface area contributed by atoms with E-state index in [1.54, 1.807) is 0 Å². The van der Waals surface area contributed by atoms with E-state index in [1.165, 1.54) is 6.42 Å². The van der Waals surface area contributed by atoms with Crippen molar-refractivity contribution in [3.05, 3.63) is 22.9 Å². The maximum absolute atomic E-state index is 11.5. The smallest absolute Gasteiger partial charge is 0.339 e. The third kappa shape index (κ3) is 2.88. The number of likely N-dealkylation sites (tertiary alicyclic amines) is 1. The molecule has 1 aromatic heterocycles. The molecule has 3 rings (SSSR count). The normalized spacial score (nSPS) is 21.5. The lowest BCUT2D eigenvalue weighted by Crippen LogP contribution is -2.29. The Hall–Kier alpha value is -1.62. The van der Waals surface area contributed by atoms with Gasteiger partial charge in [-0.05, 0) is 56.8 Å². The quantitative estimate of drug-likeness (QED) is 0.913. The zero-order chi connectivity index (χ0) is 15.0.